The first kappa shape index (κ1) is 18.1. The van der Waals surface area contributed by atoms with E-state index in [1.807, 2.05) is 30.3 Å². The zero-order valence-electron chi connectivity index (χ0n) is 14.5. The average molecular weight is 372 g/mol. The van der Waals surface area contributed by atoms with Gasteiger partial charge < -0.3 is 15.4 Å². The first-order chi connectivity index (χ1) is 12.6. The molecular formula is C19H20N2O4S. The van der Waals surface area contributed by atoms with Gasteiger partial charge in [-0.2, -0.15) is 0 Å². The van der Waals surface area contributed by atoms with Crippen LogP contribution in [0.1, 0.15) is 39.2 Å². The van der Waals surface area contributed by atoms with Crippen LogP contribution in [0.3, 0.4) is 0 Å². The van der Waals surface area contributed by atoms with E-state index in [2.05, 4.69) is 10.6 Å². The van der Waals surface area contributed by atoms with E-state index in [4.69, 9.17) is 4.74 Å². The minimum absolute atomic E-state index is 0.262. The van der Waals surface area contributed by atoms with Gasteiger partial charge in [0, 0.05) is 11.4 Å². The minimum Gasteiger partial charge on any atom is -0.465 e. The first-order valence-electron chi connectivity index (χ1n) is 8.46. The van der Waals surface area contributed by atoms with Gasteiger partial charge in [0.1, 0.15) is 5.00 Å². The molecule has 0 radical (unpaired) electrons. The molecule has 2 aromatic rings. The lowest BCUT2D eigenvalue weighted by molar-refractivity contribution is -0.136. The molecule has 0 spiro atoms. The monoisotopic (exact) mass is 372 g/mol. The number of aryl methyl sites for hydroxylation is 1. The normalized spacial score (nSPS) is 12.8. The molecule has 7 heteroatoms. The second kappa shape index (κ2) is 8.14. The van der Waals surface area contributed by atoms with Gasteiger partial charge in [-0.15, -0.1) is 11.3 Å². The van der Waals surface area contributed by atoms with E-state index in [-0.39, 0.29) is 6.54 Å². The van der Waals surface area contributed by atoms with Crippen LogP contribution in [0.25, 0.3) is 0 Å². The molecule has 3 rings (SSSR count). The summed E-state index contributed by atoms with van der Waals surface area (Å²) in [7, 11) is 1.31. The second-order valence-electron chi connectivity index (χ2n) is 6.03. The number of esters is 1. The highest BCUT2D eigenvalue weighted by Gasteiger charge is 2.28. The van der Waals surface area contributed by atoms with Crippen LogP contribution in [0.15, 0.2) is 30.3 Å². The molecule has 1 aromatic heterocycles. The van der Waals surface area contributed by atoms with Gasteiger partial charge in [0.05, 0.1) is 12.7 Å². The van der Waals surface area contributed by atoms with Crippen molar-refractivity contribution >= 4 is 34.1 Å². The smallest absolute Gasteiger partial charge is 0.341 e. The number of amides is 2. The van der Waals surface area contributed by atoms with Crippen LogP contribution in [0.5, 0.6) is 0 Å². The standard InChI is InChI=1S/C19H20N2O4S/c1-25-19(24)15-13-9-5-6-10-14(13)26-18(15)21-17(23)16(22)20-11-12-7-3-2-4-8-12/h2-4,7-8H,5-6,9-11H2,1H3,(H,20,22)(H,21,23). The van der Waals surface area contributed by atoms with E-state index in [1.54, 1.807) is 0 Å². The molecule has 0 unspecified atom stereocenters. The van der Waals surface area contributed by atoms with Gasteiger partial charge in [-0.05, 0) is 36.8 Å². The van der Waals surface area contributed by atoms with E-state index in [0.29, 0.717) is 10.6 Å². The van der Waals surface area contributed by atoms with Crippen LogP contribution in [-0.4, -0.2) is 24.9 Å². The number of anilines is 1. The highest BCUT2D eigenvalue weighted by molar-refractivity contribution is 7.17. The fourth-order valence-electron chi connectivity index (χ4n) is 2.99. The molecular weight excluding hydrogens is 352 g/mol. The van der Waals surface area contributed by atoms with E-state index < -0.39 is 17.8 Å². The minimum atomic E-state index is -0.787. The van der Waals surface area contributed by atoms with Crippen molar-refractivity contribution in [2.75, 3.05) is 12.4 Å². The topological polar surface area (TPSA) is 84.5 Å². The Bertz CT molecular complexity index is 830. The average Bonchev–Trinajstić information content (AvgIpc) is 3.04. The molecule has 0 fully saturated rings. The van der Waals surface area contributed by atoms with Gasteiger partial charge >= 0.3 is 17.8 Å². The number of methoxy groups -OCH3 is 1. The summed E-state index contributed by atoms with van der Waals surface area (Å²) in [5, 5.41) is 5.56. The van der Waals surface area contributed by atoms with Crippen molar-refractivity contribution in [2.45, 2.75) is 32.2 Å². The summed E-state index contributed by atoms with van der Waals surface area (Å²) in [4.78, 5) is 37.6. The molecule has 0 aliphatic heterocycles. The maximum Gasteiger partial charge on any atom is 0.341 e. The summed E-state index contributed by atoms with van der Waals surface area (Å²) >= 11 is 1.35. The molecule has 1 heterocycles. The maximum atomic E-state index is 12.2. The van der Waals surface area contributed by atoms with Crippen LogP contribution < -0.4 is 10.6 Å². The van der Waals surface area contributed by atoms with Crippen molar-refractivity contribution in [3.05, 3.63) is 51.9 Å². The lowest BCUT2D eigenvalue weighted by Gasteiger charge is -2.11. The fraction of sp³-hybridized carbons (Fsp3) is 0.316. The predicted molar refractivity (Wildman–Crippen MR) is 99.2 cm³/mol. The van der Waals surface area contributed by atoms with Crippen LogP contribution in [0.4, 0.5) is 5.00 Å². The number of nitrogens with one attached hydrogen (secondary N) is 2. The third kappa shape index (κ3) is 3.94. The van der Waals surface area contributed by atoms with Crippen molar-refractivity contribution in [3.63, 3.8) is 0 Å². The van der Waals surface area contributed by atoms with Crippen molar-refractivity contribution < 1.29 is 19.1 Å². The quantitative estimate of drug-likeness (QED) is 0.638. The van der Waals surface area contributed by atoms with Gasteiger partial charge in [-0.25, -0.2) is 4.79 Å². The Kier molecular flexibility index (Phi) is 5.68. The molecule has 1 aromatic carbocycles. The van der Waals surface area contributed by atoms with Crippen molar-refractivity contribution in [1.82, 2.24) is 5.32 Å². The molecule has 0 bridgehead atoms. The number of rotatable bonds is 4. The third-order valence-corrected chi connectivity index (χ3v) is 5.50. The lowest BCUT2D eigenvalue weighted by atomic mass is 9.95. The SMILES string of the molecule is COC(=O)c1c(NC(=O)C(=O)NCc2ccccc2)sc2c1CCCC2. The number of hydrogen-bond donors (Lipinski definition) is 2. The number of fused-ring (bicyclic) bond motifs is 1. The Hall–Kier alpha value is -2.67. The van der Waals surface area contributed by atoms with Gasteiger partial charge in [0.25, 0.3) is 0 Å². The van der Waals surface area contributed by atoms with Gasteiger partial charge in [0.2, 0.25) is 0 Å². The molecule has 1 aliphatic rings. The van der Waals surface area contributed by atoms with E-state index >= 15 is 0 Å². The molecule has 136 valence electrons. The Labute approximate surface area is 155 Å². The Balaban J connectivity index is 1.71. The lowest BCUT2D eigenvalue weighted by Crippen LogP contribution is -2.35. The summed E-state index contributed by atoms with van der Waals surface area (Å²) in [6.07, 6.45) is 3.71. The number of ether oxygens (including phenoxy) is 1. The molecule has 0 saturated heterocycles. The summed E-state index contributed by atoms with van der Waals surface area (Å²) in [5.74, 6) is -2.01. The summed E-state index contributed by atoms with van der Waals surface area (Å²) < 4.78 is 4.86. The number of carbonyl (C=O) groups excluding carboxylic acids is 3. The van der Waals surface area contributed by atoms with Crippen molar-refractivity contribution in [2.24, 2.45) is 0 Å². The van der Waals surface area contributed by atoms with Crippen LogP contribution in [0, 0.1) is 0 Å². The number of carbonyl (C=O) groups is 3. The van der Waals surface area contributed by atoms with Crippen LogP contribution >= 0.6 is 11.3 Å². The predicted octanol–water partition coefficient (Wildman–Crippen LogP) is 2.67. The summed E-state index contributed by atoms with van der Waals surface area (Å²) in [6.45, 7) is 0.262. The Morgan fingerprint density at radius 2 is 1.81 bits per heavy atom. The summed E-state index contributed by atoms with van der Waals surface area (Å²) in [6, 6.07) is 9.33. The largest absolute Gasteiger partial charge is 0.465 e. The molecule has 2 amide bonds. The van der Waals surface area contributed by atoms with Crippen molar-refractivity contribution in [1.29, 1.82) is 0 Å². The zero-order valence-corrected chi connectivity index (χ0v) is 15.3. The second-order valence-corrected chi connectivity index (χ2v) is 7.13. The molecule has 0 saturated carbocycles. The molecule has 2 N–H and O–H groups in total. The van der Waals surface area contributed by atoms with Gasteiger partial charge in [-0.1, -0.05) is 30.3 Å². The number of hydrogen-bond acceptors (Lipinski definition) is 5. The third-order valence-electron chi connectivity index (χ3n) is 4.29. The number of benzene rings is 1. The highest BCUT2D eigenvalue weighted by atomic mass is 32.1. The van der Waals surface area contributed by atoms with Crippen LogP contribution in [0.2, 0.25) is 0 Å². The van der Waals surface area contributed by atoms with Crippen LogP contribution in [-0.2, 0) is 33.7 Å². The Morgan fingerprint density at radius 1 is 1.08 bits per heavy atom. The highest BCUT2D eigenvalue weighted by Crippen LogP contribution is 2.38. The zero-order chi connectivity index (χ0) is 18.5. The number of thiophene rings is 1. The van der Waals surface area contributed by atoms with E-state index in [9.17, 15) is 14.4 Å². The molecule has 0 atom stereocenters. The first-order valence-corrected chi connectivity index (χ1v) is 9.27. The van der Waals surface area contributed by atoms with E-state index in [1.165, 1.54) is 18.4 Å². The van der Waals surface area contributed by atoms with Gasteiger partial charge in [0.15, 0.2) is 0 Å². The van der Waals surface area contributed by atoms with Crippen molar-refractivity contribution in [3.8, 4) is 0 Å². The molecule has 26 heavy (non-hydrogen) atoms. The molecule has 6 nitrogen and oxygen atoms in total. The Morgan fingerprint density at radius 3 is 2.54 bits per heavy atom. The summed E-state index contributed by atoms with van der Waals surface area (Å²) in [5.41, 5.74) is 2.22. The fourth-order valence-corrected chi connectivity index (χ4v) is 4.26. The van der Waals surface area contributed by atoms with E-state index in [0.717, 1.165) is 41.7 Å². The maximum absolute atomic E-state index is 12.2. The van der Waals surface area contributed by atoms with Gasteiger partial charge in [-0.3, -0.25) is 9.59 Å². The molecule has 1 aliphatic carbocycles.